The highest BCUT2D eigenvalue weighted by atomic mass is 15.1. The van der Waals surface area contributed by atoms with E-state index in [0.29, 0.717) is 0 Å². The van der Waals surface area contributed by atoms with Crippen LogP contribution in [0.1, 0.15) is 44.7 Å². The average molecular weight is 216 g/mol. The molecule has 87 valence electrons. The molecule has 1 heteroatoms. The maximum absolute atomic E-state index is 3.42. The molecule has 0 amide bonds. The van der Waals surface area contributed by atoms with Crippen molar-refractivity contribution in [3.05, 3.63) is 35.4 Å². The van der Waals surface area contributed by atoms with Gasteiger partial charge in [-0.2, -0.15) is 0 Å². The summed E-state index contributed by atoms with van der Waals surface area (Å²) in [4.78, 5) is 2.53. The van der Waals surface area contributed by atoms with Crippen molar-refractivity contribution in [1.29, 1.82) is 0 Å². The molecule has 1 aromatic rings. The largest absolute Gasteiger partial charge is 0.299 e. The molecule has 0 aromatic heterocycles. The number of benzene rings is 1. The maximum atomic E-state index is 3.42. The quantitative estimate of drug-likeness (QED) is 0.732. The van der Waals surface area contributed by atoms with Crippen molar-refractivity contribution < 1.29 is 0 Å². The molecule has 0 bridgehead atoms. The van der Waals surface area contributed by atoms with Crippen molar-refractivity contribution in [3.63, 3.8) is 0 Å². The molecule has 1 saturated heterocycles. The standard InChI is InChI=1S/C15H22N/c1-15(2,3)14-8-6-13(7-9-14)12-16-10-4-5-11-16/h6-8H,4-5,10-12H2,1-3H3. The van der Waals surface area contributed by atoms with Crippen LogP contribution >= 0.6 is 0 Å². The number of hydrogen-bond acceptors (Lipinski definition) is 1. The summed E-state index contributed by atoms with van der Waals surface area (Å²) in [5.74, 6) is 0. The molecule has 0 aliphatic carbocycles. The fraction of sp³-hybridized carbons (Fsp3) is 0.600. The highest BCUT2D eigenvalue weighted by Gasteiger charge is 2.15. The Bertz CT molecular complexity index is 325. The van der Waals surface area contributed by atoms with E-state index in [1.807, 2.05) is 0 Å². The molecule has 0 N–H and O–H groups in total. The SMILES string of the molecule is CC(C)(C)c1[c]cc(CN2CCCC2)cc1. The molecule has 1 nitrogen and oxygen atoms in total. The zero-order valence-electron chi connectivity index (χ0n) is 10.7. The molecular formula is C15H22N. The van der Waals surface area contributed by atoms with E-state index < -0.39 is 0 Å². The first-order valence-corrected chi connectivity index (χ1v) is 6.29. The second-order valence-electron chi connectivity index (χ2n) is 5.84. The monoisotopic (exact) mass is 216 g/mol. The molecule has 0 spiro atoms. The molecule has 16 heavy (non-hydrogen) atoms. The van der Waals surface area contributed by atoms with Gasteiger partial charge in [0.15, 0.2) is 0 Å². The Hall–Kier alpha value is -0.820. The summed E-state index contributed by atoms with van der Waals surface area (Å²) in [7, 11) is 0. The van der Waals surface area contributed by atoms with E-state index in [9.17, 15) is 0 Å². The van der Waals surface area contributed by atoms with E-state index in [4.69, 9.17) is 0 Å². The van der Waals surface area contributed by atoms with E-state index in [2.05, 4.69) is 49.9 Å². The van der Waals surface area contributed by atoms with Crippen molar-refractivity contribution >= 4 is 0 Å². The van der Waals surface area contributed by atoms with Crippen LogP contribution in [0.25, 0.3) is 0 Å². The summed E-state index contributed by atoms with van der Waals surface area (Å²) in [5.41, 5.74) is 2.92. The van der Waals surface area contributed by atoms with Gasteiger partial charge in [0.05, 0.1) is 0 Å². The van der Waals surface area contributed by atoms with Gasteiger partial charge >= 0.3 is 0 Å². The Morgan fingerprint density at radius 1 is 1.19 bits per heavy atom. The van der Waals surface area contributed by atoms with Crippen LogP contribution < -0.4 is 0 Å². The molecule has 0 saturated carbocycles. The lowest BCUT2D eigenvalue weighted by atomic mass is 9.87. The minimum absolute atomic E-state index is 0.214. The van der Waals surface area contributed by atoms with Gasteiger partial charge in [0, 0.05) is 6.54 Å². The van der Waals surface area contributed by atoms with Crippen molar-refractivity contribution in [1.82, 2.24) is 4.90 Å². The molecule has 0 atom stereocenters. The Morgan fingerprint density at radius 3 is 2.38 bits per heavy atom. The first-order chi connectivity index (χ1) is 7.55. The van der Waals surface area contributed by atoms with Gasteiger partial charge < -0.3 is 0 Å². The van der Waals surface area contributed by atoms with Crippen LogP contribution in [-0.2, 0) is 12.0 Å². The number of hydrogen-bond donors (Lipinski definition) is 0. The Morgan fingerprint density at radius 2 is 1.88 bits per heavy atom. The summed E-state index contributed by atoms with van der Waals surface area (Å²) in [5, 5.41) is 0. The Kier molecular flexibility index (Phi) is 3.34. The molecule has 1 aromatic carbocycles. The molecule has 0 unspecified atom stereocenters. The van der Waals surface area contributed by atoms with Gasteiger partial charge in [0.25, 0.3) is 0 Å². The van der Waals surface area contributed by atoms with Gasteiger partial charge in [-0.15, -0.1) is 0 Å². The Labute approximate surface area is 99.5 Å². The fourth-order valence-electron chi connectivity index (χ4n) is 2.22. The fourth-order valence-corrected chi connectivity index (χ4v) is 2.22. The van der Waals surface area contributed by atoms with Crippen LogP contribution in [0.5, 0.6) is 0 Å². The van der Waals surface area contributed by atoms with Crippen LogP contribution in [0, 0.1) is 6.07 Å². The highest BCUT2D eigenvalue weighted by Crippen LogP contribution is 2.22. The second-order valence-corrected chi connectivity index (χ2v) is 5.84. The predicted octanol–water partition coefficient (Wildman–Crippen LogP) is 3.38. The van der Waals surface area contributed by atoms with E-state index in [-0.39, 0.29) is 5.41 Å². The number of likely N-dealkylation sites (tertiary alicyclic amines) is 1. The van der Waals surface area contributed by atoms with Crippen LogP contribution in [0.4, 0.5) is 0 Å². The minimum Gasteiger partial charge on any atom is -0.299 e. The lowest BCUT2D eigenvalue weighted by Crippen LogP contribution is -2.18. The van der Waals surface area contributed by atoms with Crippen LogP contribution in [0.3, 0.4) is 0 Å². The predicted molar refractivity (Wildman–Crippen MR) is 68.5 cm³/mol. The third-order valence-electron chi connectivity index (χ3n) is 3.29. The average Bonchev–Trinajstić information content (AvgIpc) is 2.70. The summed E-state index contributed by atoms with van der Waals surface area (Å²) >= 11 is 0. The normalized spacial score (nSPS) is 17.9. The van der Waals surface area contributed by atoms with Gasteiger partial charge in [-0.3, -0.25) is 4.90 Å². The van der Waals surface area contributed by atoms with Crippen molar-refractivity contribution in [2.24, 2.45) is 0 Å². The minimum atomic E-state index is 0.214. The third-order valence-corrected chi connectivity index (χ3v) is 3.29. The van der Waals surface area contributed by atoms with Gasteiger partial charge in [-0.05, 0) is 54.6 Å². The molecule has 1 aliphatic heterocycles. The molecule has 1 fully saturated rings. The van der Waals surface area contributed by atoms with E-state index in [1.54, 1.807) is 0 Å². The van der Waals surface area contributed by atoms with E-state index in [0.717, 1.165) is 6.54 Å². The van der Waals surface area contributed by atoms with Crippen LogP contribution in [0.15, 0.2) is 18.2 Å². The van der Waals surface area contributed by atoms with Gasteiger partial charge in [-0.25, -0.2) is 0 Å². The van der Waals surface area contributed by atoms with Crippen LogP contribution in [0.2, 0.25) is 0 Å². The number of nitrogens with zero attached hydrogens (tertiary/aromatic N) is 1. The second kappa shape index (κ2) is 4.58. The number of rotatable bonds is 2. The van der Waals surface area contributed by atoms with Crippen LogP contribution in [-0.4, -0.2) is 18.0 Å². The van der Waals surface area contributed by atoms with Gasteiger partial charge in [0.1, 0.15) is 0 Å². The summed E-state index contributed by atoms with van der Waals surface area (Å²) in [6.45, 7) is 10.3. The molecular weight excluding hydrogens is 194 g/mol. The zero-order valence-corrected chi connectivity index (χ0v) is 10.7. The summed E-state index contributed by atoms with van der Waals surface area (Å²) < 4.78 is 0. The van der Waals surface area contributed by atoms with Crippen molar-refractivity contribution in [3.8, 4) is 0 Å². The van der Waals surface area contributed by atoms with Crippen molar-refractivity contribution in [2.45, 2.75) is 45.6 Å². The topological polar surface area (TPSA) is 3.24 Å². The first kappa shape index (κ1) is 11.7. The zero-order chi connectivity index (χ0) is 11.6. The lowest BCUT2D eigenvalue weighted by molar-refractivity contribution is 0.331. The van der Waals surface area contributed by atoms with Crippen molar-refractivity contribution in [2.75, 3.05) is 13.1 Å². The smallest absolute Gasteiger partial charge is 0.0233 e. The van der Waals surface area contributed by atoms with E-state index in [1.165, 1.54) is 37.1 Å². The van der Waals surface area contributed by atoms with E-state index >= 15 is 0 Å². The third kappa shape index (κ3) is 2.85. The highest BCUT2D eigenvalue weighted by molar-refractivity contribution is 5.26. The summed E-state index contributed by atoms with van der Waals surface area (Å²) in [6.07, 6.45) is 2.73. The Balaban J connectivity index is 2.01. The van der Waals surface area contributed by atoms with Gasteiger partial charge in [0.2, 0.25) is 0 Å². The maximum Gasteiger partial charge on any atom is 0.0233 e. The summed E-state index contributed by atoms with van der Waals surface area (Å²) in [6, 6.07) is 10.1. The molecule has 1 radical (unpaired) electrons. The molecule has 1 heterocycles. The first-order valence-electron chi connectivity index (χ1n) is 6.29. The molecule has 2 rings (SSSR count). The lowest BCUT2D eigenvalue weighted by Gasteiger charge is -2.20. The molecule has 1 aliphatic rings. The van der Waals surface area contributed by atoms with Gasteiger partial charge in [-0.1, -0.05) is 32.9 Å².